The van der Waals surface area contributed by atoms with E-state index in [9.17, 15) is 9.18 Å². The number of nitrogens with one attached hydrogen (secondary N) is 2. The lowest BCUT2D eigenvalue weighted by Crippen LogP contribution is -2.52. The first-order chi connectivity index (χ1) is 16.6. The maximum Gasteiger partial charge on any atom is 0.317 e. The topological polar surface area (TPSA) is 85.9 Å². The molecule has 0 radical (unpaired) electrons. The highest BCUT2D eigenvalue weighted by atomic mass is 19.1. The van der Waals surface area contributed by atoms with Crippen molar-refractivity contribution in [1.82, 2.24) is 25.3 Å². The second-order valence-corrected chi connectivity index (χ2v) is 9.20. The van der Waals surface area contributed by atoms with E-state index >= 15 is 0 Å². The molecule has 1 saturated heterocycles. The monoisotopic (exact) mass is 466 g/mol. The van der Waals surface area contributed by atoms with E-state index < -0.39 is 0 Å². The quantitative estimate of drug-likeness (QED) is 0.708. The molecule has 8 nitrogen and oxygen atoms in total. The van der Waals surface area contributed by atoms with Gasteiger partial charge in [-0.1, -0.05) is 12.1 Å². The van der Waals surface area contributed by atoms with Crippen molar-refractivity contribution in [2.24, 2.45) is 4.99 Å². The van der Waals surface area contributed by atoms with E-state index in [1.54, 1.807) is 19.2 Å². The van der Waals surface area contributed by atoms with Crippen LogP contribution in [0.15, 0.2) is 35.5 Å². The minimum absolute atomic E-state index is 0.0294. The average molecular weight is 467 g/mol. The number of urea groups is 1. The molecule has 2 unspecified atom stereocenters. The number of piperidine rings is 1. The zero-order chi connectivity index (χ0) is 23.5. The van der Waals surface area contributed by atoms with Gasteiger partial charge in [-0.05, 0) is 37.9 Å². The summed E-state index contributed by atoms with van der Waals surface area (Å²) in [5, 5.41) is 11.0. The number of methoxy groups -OCH3 is 1. The first-order valence-electron chi connectivity index (χ1n) is 12.0. The van der Waals surface area contributed by atoms with E-state index in [2.05, 4.69) is 31.5 Å². The van der Waals surface area contributed by atoms with Crippen molar-refractivity contribution in [3.63, 3.8) is 0 Å². The van der Waals surface area contributed by atoms with Crippen LogP contribution in [0.1, 0.15) is 47.7 Å². The lowest BCUT2D eigenvalue weighted by atomic mass is 9.94. The summed E-state index contributed by atoms with van der Waals surface area (Å²) in [6.07, 6.45) is 9.25. The molecule has 0 aliphatic carbocycles. The van der Waals surface area contributed by atoms with Gasteiger partial charge in [0.25, 0.3) is 0 Å². The molecule has 0 spiro atoms. The Balaban J connectivity index is 1.20. The summed E-state index contributed by atoms with van der Waals surface area (Å²) in [7, 11) is 1.56. The molecule has 3 aliphatic heterocycles. The summed E-state index contributed by atoms with van der Waals surface area (Å²) in [5.41, 5.74) is 3.83. The number of amides is 2. The highest BCUT2D eigenvalue weighted by molar-refractivity contribution is 5.75. The fraction of sp³-hybridized carbons (Fsp3) is 0.480. The number of halogens is 1. The number of aromatic amines is 1. The Morgan fingerprint density at radius 1 is 1.35 bits per heavy atom. The Bertz CT molecular complexity index is 1100. The molecule has 1 aromatic carbocycles. The predicted molar refractivity (Wildman–Crippen MR) is 127 cm³/mol. The molecule has 2 N–H and O–H groups in total. The number of rotatable bonds is 5. The van der Waals surface area contributed by atoms with Crippen LogP contribution in [0.25, 0.3) is 0 Å². The van der Waals surface area contributed by atoms with Crippen LogP contribution in [-0.4, -0.2) is 65.0 Å². The molecule has 2 atom stereocenters. The molecule has 180 valence electrons. The molecule has 4 heterocycles. The van der Waals surface area contributed by atoms with E-state index in [1.807, 2.05) is 17.3 Å². The standard InChI is InChI=1S/C25H31FN6O2/c1-34-23-6-2-5-21(26)19(23)15-31-12-3-4-18(14-31)28-25(33)32-13-9-22-20(16-32)24(30-29-22)17-7-10-27-11-8-17/h2,5-7,10-11,17-18H,3-4,8-9,12-16H2,1H3,(H,28,33)(H,29,30). The summed E-state index contributed by atoms with van der Waals surface area (Å²) >= 11 is 0. The van der Waals surface area contributed by atoms with Crippen LogP contribution in [0, 0.1) is 5.82 Å². The molecule has 9 heteroatoms. The Morgan fingerprint density at radius 3 is 3.09 bits per heavy atom. The highest BCUT2D eigenvalue weighted by Gasteiger charge is 2.30. The SMILES string of the molecule is COc1cccc(F)c1CN1CCCC(NC(=O)N2CCc3[nH]nc(C4C=CN=CC4)c3C2)C1. The van der Waals surface area contributed by atoms with E-state index in [0.29, 0.717) is 37.5 Å². The molecule has 34 heavy (non-hydrogen) atoms. The number of hydrogen-bond donors (Lipinski definition) is 2. The minimum Gasteiger partial charge on any atom is -0.496 e. The molecular formula is C25H31FN6O2. The van der Waals surface area contributed by atoms with Crippen LogP contribution in [0.3, 0.4) is 0 Å². The number of benzene rings is 1. The van der Waals surface area contributed by atoms with Gasteiger partial charge in [0.15, 0.2) is 0 Å². The van der Waals surface area contributed by atoms with Crippen LogP contribution in [0.4, 0.5) is 9.18 Å². The lowest BCUT2D eigenvalue weighted by molar-refractivity contribution is 0.158. The number of carbonyl (C=O) groups excluding carboxylic acids is 1. The number of fused-ring (bicyclic) bond motifs is 1. The van der Waals surface area contributed by atoms with Gasteiger partial charge in [0.2, 0.25) is 0 Å². The summed E-state index contributed by atoms with van der Waals surface area (Å²) in [6, 6.07) is 4.89. The third-order valence-electron chi connectivity index (χ3n) is 6.98. The molecule has 0 bridgehead atoms. The number of hydrogen-bond acceptors (Lipinski definition) is 5. The van der Waals surface area contributed by atoms with Crippen molar-refractivity contribution in [3.8, 4) is 5.75 Å². The van der Waals surface area contributed by atoms with Gasteiger partial charge in [-0.2, -0.15) is 5.10 Å². The fourth-order valence-corrected chi connectivity index (χ4v) is 5.16. The Labute approximate surface area is 198 Å². The molecule has 2 amide bonds. The molecule has 3 aliphatic rings. The van der Waals surface area contributed by atoms with Gasteiger partial charge in [-0.25, -0.2) is 9.18 Å². The predicted octanol–water partition coefficient (Wildman–Crippen LogP) is 3.36. The zero-order valence-corrected chi connectivity index (χ0v) is 19.5. The van der Waals surface area contributed by atoms with E-state index in [-0.39, 0.29) is 23.8 Å². The summed E-state index contributed by atoms with van der Waals surface area (Å²) < 4.78 is 19.8. The van der Waals surface area contributed by atoms with Crippen LogP contribution in [-0.2, 0) is 19.5 Å². The molecule has 5 rings (SSSR count). The van der Waals surface area contributed by atoms with Gasteiger partial charge < -0.3 is 15.0 Å². The number of nitrogens with zero attached hydrogens (tertiary/aromatic N) is 4. The van der Waals surface area contributed by atoms with E-state index in [1.165, 1.54) is 6.07 Å². The third-order valence-corrected chi connectivity index (χ3v) is 6.98. The van der Waals surface area contributed by atoms with Gasteiger partial charge in [0.05, 0.1) is 19.3 Å². The maximum absolute atomic E-state index is 14.4. The molecule has 1 aromatic heterocycles. The Morgan fingerprint density at radius 2 is 2.26 bits per heavy atom. The second kappa shape index (κ2) is 9.97. The first kappa shape index (κ1) is 22.6. The molecule has 0 saturated carbocycles. The van der Waals surface area contributed by atoms with Crippen molar-refractivity contribution >= 4 is 12.2 Å². The van der Waals surface area contributed by atoms with E-state index in [4.69, 9.17) is 4.74 Å². The maximum atomic E-state index is 14.4. The van der Waals surface area contributed by atoms with Crippen LogP contribution in [0.5, 0.6) is 5.75 Å². The highest BCUT2D eigenvalue weighted by Crippen LogP contribution is 2.30. The van der Waals surface area contributed by atoms with Crippen molar-refractivity contribution in [2.75, 3.05) is 26.7 Å². The van der Waals surface area contributed by atoms with Gasteiger partial charge >= 0.3 is 6.03 Å². The zero-order valence-electron chi connectivity index (χ0n) is 19.5. The van der Waals surface area contributed by atoms with E-state index in [0.717, 1.165) is 49.2 Å². The van der Waals surface area contributed by atoms with Crippen LogP contribution < -0.4 is 10.1 Å². The minimum atomic E-state index is -0.260. The van der Waals surface area contributed by atoms with Crippen molar-refractivity contribution in [2.45, 2.75) is 50.7 Å². The van der Waals surface area contributed by atoms with Crippen LogP contribution in [0.2, 0.25) is 0 Å². The number of carbonyl (C=O) groups is 1. The van der Waals surface area contributed by atoms with Crippen molar-refractivity contribution in [3.05, 3.63) is 58.8 Å². The average Bonchev–Trinajstić information content (AvgIpc) is 3.29. The van der Waals surface area contributed by atoms with Crippen LogP contribution >= 0.6 is 0 Å². The smallest absolute Gasteiger partial charge is 0.317 e. The number of likely N-dealkylation sites (tertiary alicyclic amines) is 1. The number of aromatic nitrogens is 2. The summed E-state index contributed by atoms with van der Waals surface area (Å²) in [5.74, 6) is 0.498. The fourth-order valence-electron chi connectivity index (χ4n) is 5.16. The molecule has 1 fully saturated rings. The van der Waals surface area contributed by atoms with Gasteiger partial charge in [0.1, 0.15) is 11.6 Å². The van der Waals surface area contributed by atoms with Gasteiger partial charge in [0, 0.05) is 67.3 Å². The third kappa shape index (κ3) is 4.70. The van der Waals surface area contributed by atoms with Crippen molar-refractivity contribution in [1.29, 1.82) is 0 Å². The number of allylic oxidation sites excluding steroid dienone is 1. The number of ether oxygens (including phenoxy) is 1. The van der Waals surface area contributed by atoms with Gasteiger partial charge in [-0.15, -0.1) is 0 Å². The summed E-state index contributed by atoms with van der Waals surface area (Å²) in [6.45, 7) is 3.23. The second-order valence-electron chi connectivity index (χ2n) is 9.20. The number of aliphatic imine (C=N–C) groups is 1. The normalized spacial score (nSPS) is 22.5. The Hall–Kier alpha value is -3.20. The lowest BCUT2D eigenvalue weighted by Gasteiger charge is -2.35. The van der Waals surface area contributed by atoms with Crippen molar-refractivity contribution < 1.29 is 13.9 Å². The molecular weight excluding hydrogens is 435 g/mol. The molecule has 2 aromatic rings. The van der Waals surface area contributed by atoms with Gasteiger partial charge in [-0.3, -0.25) is 15.0 Å². The largest absolute Gasteiger partial charge is 0.496 e. The summed E-state index contributed by atoms with van der Waals surface area (Å²) in [4.78, 5) is 21.4. The number of H-pyrrole nitrogens is 1. The first-order valence-corrected chi connectivity index (χ1v) is 12.0. The Kier molecular flexibility index (Phi) is 6.62.